The molecular formula is C14H21N5O2. The number of nitrogens with zero attached hydrogens (tertiary/aromatic N) is 4. The summed E-state index contributed by atoms with van der Waals surface area (Å²) in [5.41, 5.74) is 0. The van der Waals surface area contributed by atoms with Gasteiger partial charge < -0.3 is 14.2 Å². The Bertz CT molecular complexity index is 602. The molecule has 0 saturated carbocycles. The lowest BCUT2D eigenvalue weighted by Crippen LogP contribution is -2.36. The molecule has 114 valence electrons. The van der Waals surface area contributed by atoms with Crippen LogP contribution in [-0.2, 0) is 6.54 Å². The minimum absolute atomic E-state index is 0.189. The van der Waals surface area contributed by atoms with E-state index in [0.29, 0.717) is 18.9 Å². The van der Waals surface area contributed by atoms with Crippen LogP contribution in [0.1, 0.15) is 28.0 Å². The van der Waals surface area contributed by atoms with Crippen LogP contribution in [0.25, 0.3) is 0 Å². The number of nitrogens with one attached hydrogen (secondary N) is 1. The summed E-state index contributed by atoms with van der Waals surface area (Å²) in [6, 6.07) is 3.77. The molecule has 0 aliphatic rings. The van der Waals surface area contributed by atoms with Gasteiger partial charge in [0.2, 0.25) is 5.82 Å². The van der Waals surface area contributed by atoms with Crippen LogP contribution in [0.4, 0.5) is 0 Å². The molecule has 0 unspecified atom stereocenters. The molecule has 1 amide bonds. The normalized spacial score (nSPS) is 11.1. The summed E-state index contributed by atoms with van der Waals surface area (Å²) >= 11 is 0. The molecule has 0 fully saturated rings. The molecule has 7 heteroatoms. The number of H-pyrrole nitrogens is 1. The van der Waals surface area contributed by atoms with Crippen LogP contribution in [-0.4, -0.2) is 58.1 Å². The number of likely N-dealkylation sites (N-methyl/N-ethyl adjacent to an activating group) is 1. The largest absolute Gasteiger partial charge is 0.464 e. The zero-order valence-electron chi connectivity index (χ0n) is 12.9. The number of hydrogen-bond donors (Lipinski definition) is 1. The third-order valence-corrected chi connectivity index (χ3v) is 3.04. The predicted molar refractivity (Wildman–Crippen MR) is 77.9 cm³/mol. The van der Waals surface area contributed by atoms with Crippen molar-refractivity contribution in [3.05, 3.63) is 35.3 Å². The molecule has 0 bridgehead atoms. The van der Waals surface area contributed by atoms with Gasteiger partial charge in [-0.15, -0.1) is 5.10 Å². The summed E-state index contributed by atoms with van der Waals surface area (Å²) in [5, 5.41) is 6.63. The van der Waals surface area contributed by atoms with Crippen LogP contribution in [0.15, 0.2) is 16.5 Å². The van der Waals surface area contributed by atoms with Gasteiger partial charge in [-0.05, 0) is 40.1 Å². The fraction of sp³-hybridized carbons (Fsp3) is 0.500. The fourth-order valence-electron chi connectivity index (χ4n) is 1.91. The van der Waals surface area contributed by atoms with Gasteiger partial charge >= 0.3 is 0 Å². The summed E-state index contributed by atoms with van der Waals surface area (Å²) in [6.07, 6.45) is 0. The van der Waals surface area contributed by atoms with Gasteiger partial charge in [-0.1, -0.05) is 0 Å². The number of carbonyl (C=O) groups is 1. The number of carbonyl (C=O) groups excluding carboxylic acids is 1. The number of aromatic amines is 1. The molecule has 1 N–H and O–H groups in total. The molecule has 0 radical (unpaired) electrons. The molecule has 7 nitrogen and oxygen atoms in total. The second-order valence-corrected chi connectivity index (χ2v) is 5.29. The van der Waals surface area contributed by atoms with E-state index in [0.717, 1.165) is 18.1 Å². The monoisotopic (exact) mass is 291 g/mol. The highest BCUT2D eigenvalue weighted by molar-refractivity contribution is 5.90. The summed E-state index contributed by atoms with van der Waals surface area (Å²) in [6.45, 7) is 5.40. The maximum Gasteiger partial charge on any atom is 0.293 e. The first-order chi connectivity index (χ1) is 9.95. The van der Waals surface area contributed by atoms with Gasteiger partial charge in [0.05, 0.1) is 6.54 Å². The summed E-state index contributed by atoms with van der Waals surface area (Å²) in [7, 11) is 3.94. The van der Waals surface area contributed by atoms with Crippen molar-refractivity contribution in [1.82, 2.24) is 25.0 Å². The van der Waals surface area contributed by atoms with Gasteiger partial charge in [0.25, 0.3) is 5.91 Å². The van der Waals surface area contributed by atoms with Crippen LogP contribution in [0.2, 0.25) is 0 Å². The Morgan fingerprint density at radius 3 is 2.57 bits per heavy atom. The minimum atomic E-state index is -0.199. The highest BCUT2D eigenvalue weighted by atomic mass is 16.3. The van der Waals surface area contributed by atoms with E-state index >= 15 is 0 Å². The van der Waals surface area contributed by atoms with Crippen molar-refractivity contribution >= 4 is 5.91 Å². The van der Waals surface area contributed by atoms with Crippen molar-refractivity contribution in [3.63, 3.8) is 0 Å². The van der Waals surface area contributed by atoms with Crippen LogP contribution >= 0.6 is 0 Å². The summed E-state index contributed by atoms with van der Waals surface area (Å²) in [5.74, 6) is 2.20. The molecule has 2 rings (SSSR count). The van der Waals surface area contributed by atoms with Crippen molar-refractivity contribution in [1.29, 1.82) is 0 Å². The minimum Gasteiger partial charge on any atom is -0.464 e. The average Bonchev–Trinajstić information content (AvgIpc) is 3.02. The van der Waals surface area contributed by atoms with Crippen LogP contribution in [0.5, 0.6) is 0 Å². The first-order valence-electron chi connectivity index (χ1n) is 6.84. The number of aryl methyl sites for hydroxylation is 2. The topological polar surface area (TPSA) is 78.3 Å². The van der Waals surface area contributed by atoms with E-state index in [2.05, 4.69) is 15.2 Å². The van der Waals surface area contributed by atoms with E-state index in [1.54, 1.807) is 11.8 Å². The third-order valence-electron chi connectivity index (χ3n) is 3.04. The fourth-order valence-corrected chi connectivity index (χ4v) is 1.91. The molecule has 2 aromatic rings. The third kappa shape index (κ3) is 4.16. The standard InChI is InChI=1S/C14H21N5O2/c1-10-5-6-12(21-10)9-19(8-7-18(3)4)14(20)13-15-11(2)16-17-13/h5-6H,7-9H2,1-4H3,(H,15,16,17). The van der Waals surface area contributed by atoms with Gasteiger partial charge in [-0.3, -0.25) is 9.89 Å². The first-order valence-corrected chi connectivity index (χ1v) is 6.84. The van der Waals surface area contributed by atoms with Crippen molar-refractivity contribution in [2.45, 2.75) is 20.4 Å². The average molecular weight is 291 g/mol. The highest BCUT2D eigenvalue weighted by Gasteiger charge is 2.21. The van der Waals surface area contributed by atoms with Crippen LogP contribution in [0.3, 0.4) is 0 Å². The highest BCUT2D eigenvalue weighted by Crippen LogP contribution is 2.11. The van der Waals surface area contributed by atoms with Crippen molar-refractivity contribution in [3.8, 4) is 0 Å². The van der Waals surface area contributed by atoms with Gasteiger partial charge in [0, 0.05) is 13.1 Å². The molecule has 0 aromatic carbocycles. The first kappa shape index (κ1) is 15.2. The number of hydrogen-bond acceptors (Lipinski definition) is 5. The Hall–Kier alpha value is -2.15. The zero-order chi connectivity index (χ0) is 15.4. The van der Waals surface area contributed by atoms with E-state index < -0.39 is 0 Å². The van der Waals surface area contributed by atoms with E-state index in [1.165, 1.54) is 0 Å². The quantitative estimate of drug-likeness (QED) is 0.865. The molecule has 0 atom stereocenters. The Morgan fingerprint density at radius 1 is 1.29 bits per heavy atom. The van der Waals surface area contributed by atoms with E-state index in [9.17, 15) is 4.79 Å². The summed E-state index contributed by atoms with van der Waals surface area (Å²) < 4.78 is 5.56. The lowest BCUT2D eigenvalue weighted by molar-refractivity contribution is 0.0707. The van der Waals surface area contributed by atoms with E-state index in [-0.39, 0.29) is 11.7 Å². The number of furan rings is 1. The Labute approximate surface area is 124 Å². The van der Waals surface area contributed by atoms with Gasteiger partial charge in [0.15, 0.2) is 0 Å². The lowest BCUT2D eigenvalue weighted by Gasteiger charge is -2.22. The van der Waals surface area contributed by atoms with Gasteiger partial charge in [-0.2, -0.15) is 0 Å². The smallest absolute Gasteiger partial charge is 0.293 e. The van der Waals surface area contributed by atoms with E-state index in [1.807, 2.05) is 38.1 Å². The molecular weight excluding hydrogens is 270 g/mol. The molecule has 0 spiro atoms. The number of rotatable bonds is 6. The predicted octanol–water partition coefficient (Wildman–Crippen LogP) is 1.22. The van der Waals surface area contributed by atoms with E-state index in [4.69, 9.17) is 4.42 Å². The van der Waals surface area contributed by atoms with Crippen LogP contribution < -0.4 is 0 Å². The Morgan fingerprint density at radius 2 is 2.05 bits per heavy atom. The molecule has 0 saturated heterocycles. The van der Waals surface area contributed by atoms with Gasteiger partial charge in [-0.25, -0.2) is 4.98 Å². The Balaban J connectivity index is 2.12. The molecule has 2 aromatic heterocycles. The molecule has 2 heterocycles. The molecule has 0 aliphatic carbocycles. The molecule has 0 aliphatic heterocycles. The van der Waals surface area contributed by atoms with Crippen LogP contribution in [0, 0.1) is 13.8 Å². The SMILES string of the molecule is Cc1nc(C(=O)N(CCN(C)C)Cc2ccc(C)o2)n[nH]1. The zero-order valence-corrected chi connectivity index (χ0v) is 12.9. The maximum atomic E-state index is 12.5. The second-order valence-electron chi connectivity index (χ2n) is 5.29. The van der Waals surface area contributed by atoms with Crippen molar-refractivity contribution in [2.24, 2.45) is 0 Å². The second kappa shape index (κ2) is 6.53. The number of aromatic nitrogens is 3. The van der Waals surface area contributed by atoms with Gasteiger partial charge in [0.1, 0.15) is 17.3 Å². The Kier molecular flexibility index (Phi) is 4.74. The lowest BCUT2D eigenvalue weighted by atomic mass is 10.3. The molecule has 21 heavy (non-hydrogen) atoms. The number of amides is 1. The van der Waals surface area contributed by atoms with Crippen molar-refractivity contribution < 1.29 is 9.21 Å². The maximum absolute atomic E-state index is 12.5. The summed E-state index contributed by atoms with van der Waals surface area (Å²) in [4.78, 5) is 20.3. The van der Waals surface area contributed by atoms with Crippen molar-refractivity contribution in [2.75, 3.05) is 27.2 Å².